The van der Waals surface area contributed by atoms with E-state index in [9.17, 15) is 14.4 Å². The molecule has 0 aromatic carbocycles. The summed E-state index contributed by atoms with van der Waals surface area (Å²) < 4.78 is 5.11. The molecule has 0 spiro atoms. The predicted molar refractivity (Wildman–Crippen MR) is 81.1 cm³/mol. The van der Waals surface area contributed by atoms with Gasteiger partial charge in [0.25, 0.3) is 0 Å². The number of likely N-dealkylation sites (N-methyl/N-ethyl adjacent to an activating group) is 1. The number of aliphatic hydroxyl groups is 1. The van der Waals surface area contributed by atoms with E-state index < -0.39 is 42.2 Å². The second-order valence-electron chi connectivity index (χ2n) is 6.23. The highest BCUT2D eigenvalue weighted by atomic mass is 16.6. The lowest BCUT2D eigenvalue weighted by atomic mass is 10.0. The molecule has 0 bridgehead atoms. The summed E-state index contributed by atoms with van der Waals surface area (Å²) in [5, 5.41) is 16.3. The summed E-state index contributed by atoms with van der Waals surface area (Å²) in [5.41, 5.74) is -0.683. The van der Waals surface area contributed by atoms with E-state index in [0.29, 0.717) is 0 Å². The highest BCUT2D eigenvalue weighted by Gasteiger charge is 2.29. The van der Waals surface area contributed by atoms with E-state index in [1.165, 1.54) is 7.05 Å². The van der Waals surface area contributed by atoms with Crippen LogP contribution in [0.2, 0.25) is 0 Å². The van der Waals surface area contributed by atoms with Crippen LogP contribution >= 0.6 is 0 Å². The van der Waals surface area contributed by atoms with Gasteiger partial charge in [0.2, 0.25) is 11.8 Å². The van der Waals surface area contributed by atoms with E-state index in [4.69, 9.17) is 9.84 Å². The van der Waals surface area contributed by atoms with Crippen LogP contribution in [-0.4, -0.2) is 54.4 Å². The van der Waals surface area contributed by atoms with Gasteiger partial charge in [-0.2, -0.15) is 0 Å². The van der Waals surface area contributed by atoms with Crippen LogP contribution in [0.25, 0.3) is 0 Å². The lowest BCUT2D eigenvalue weighted by Crippen LogP contribution is -2.56. The summed E-state index contributed by atoms with van der Waals surface area (Å²) in [6.45, 7) is 8.09. The molecule has 0 aliphatic carbocycles. The zero-order valence-electron chi connectivity index (χ0n) is 14.0. The summed E-state index contributed by atoms with van der Waals surface area (Å²) >= 11 is 0. The number of amides is 3. The molecular formula is C14H27N3O5. The highest BCUT2D eigenvalue weighted by molar-refractivity contribution is 5.91. The smallest absolute Gasteiger partial charge is 0.408 e. The summed E-state index contributed by atoms with van der Waals surface area (Å²) in [6, 6.07) is -1.95. The largest absolute Gasteiger partial charge is 0.444 e. The zero-order chi connectivity index (χ0) is 17.5. The fraction of sp³-hybridized carbons (Fsp3) is 0.786. The molecule has 0 rings (SSSR count). The number of aliphatic hydroxyl groups excluding tert-OH is 1. The average molecular weight is 317 g/mol. The van der Waals surface area contributed by atoms with Gasteiger partial charge in [-0.25, -0.2) is 4.79 Å². The van der Waals surface area contributed by atoms with Crippen molar-refractivity contribution in [3.63, 3.8) is 0 Å². The van der Waals surface area contributed by atoms with Gasteiger partial charge in [0, 0.05) is 7.05 Å². The van der Waals surface area contributed by atoms with Gasteiger partial charge in [-0.3, -0.25) is 9.59 Å². The van der Waals surface area contributed by atoms with E-state index in [0.717, 1.165) is 0 Å². The monoisotopic (exact) mass is 317 g/mol. The Morgan fingerprint density at radius 3 is 2.00 bits per heavy atom. The maximum Gasteiger partial charge on any atom is 0.408 e. The first-order valence-corrected chi connectivity index (χ1v) is 7.14. The molecule has 0 heterocycles. The van der Waals surface area contributed by atoms with E-state index >= 15 is 0 Å². The van der Waals surface area contributed by atoms with Gasteiger partial charge in [0.05, 0.1) is 6.61 Å². The summed E-state index contributed by atoms with van der Waals surface area (Å²) in [7, 11) is 1.40. The van der Waals surface area contributed by atoms with Gasteiger partial charge in [0.1, 0.15) is 17.7 Å². The fourth-order valence-electron chi connectivity index (χ4n) is 1.60. The van der Waals surface area contributed by atoms with Gasteiger partial charge in [-0.1, -0.05) is 13.8 Å². The van der Waals surface area contributed by atoms with Crippen molar-refractivity contribution < 1.29 is 24.2 Å². The Morgan fingerprint density at radius 1 is 1.09 bits per heavy atom. The highest BCUT2D eigenvalue weighted by Crippen LogP contribution is 2.09. The average Bonchev–Trinajstić information content (AvgIpc) is 2.38. The molecule has 0 aromatic heterocycles. The Morgan fingerprint density at radius 2 is 1.64 bits per heavy atom. The maximum absolute atomic E-state index is 12.2. The van der Waals surface area contributed by atoms with Crippen molar-refractivity contribution in [1.29, 1.82) is 0 Å². The molecule has 0 saturated heterocycles. The van der Waals surface area contributed by atoms with Gasteiger partial charge < -0.3 is 25.8 Å². The molecule has 128 valence electrons. The fourth-order valence-corrected chi connectivity index (χ4v) is 1.60. The molecule has 0 unspecified atom stereocenters. The van der Waals surface area contributed by atoms with Crippen molar-refractivity contribution in [1.82, 2.24) is 16.0 Å². The molecule has 8 nitrogen and oxygen atoms in total. The van der Waals surface area contributed by atoms with E-state index in [2.05, 4.69) is 16.0 Å². The van der Waals surface area contributed by atoms with Gasteiger partial charge in [0.15, 0.2) is 0 Å². The van der Waals surface area contributed by atoms with Gasteiger partial charge in [-0.15, -0.1) is 0 Å². The van der Waals surface area contributed by atoms with Crippen molar-refractivity contribution in [2.75, 3.05) is 13.7 Å². The molecule has 8 heteroatoms. The van der Waals surface area contributed by atoms with Crippen LogP contribution in [0.15, 0.2) is 0 Å². The number of carbonyl (C=O) groups is 3. The summed E-state index contributed by atoms with van der Waals surface area (Å²) in [4.78, 5) is 35.5. The SMILES string of the molecule is CNC(=O)[C@H](CO)NC(=O)[C@@H](NC(=O)OC(C)(C)C)C(C)C. The Bertz CT molecular complexity index is 404. The molecule has 0 saturated carbocycles. The van der Waals surface area contributed by atoms with Crippen molar-refractivity contribution in [3.8, 4) is 0 Å². The normalized spacial score (nSPS) is 14.0. The van der Waals surface area contributed by atoms with Gasteiger partial charge in [-0.05, 0) is 26.7 Å². The van der Waals surface area contributed by atoms with Crippen LogP contribution in [0.1, 0.15) is 34.6 Å². The van der Waals surface area contributed by atoms with Crippen molar-refractivity contribution in [2.24, 2.45) is 5.92 Å². The number of carbonyl (C=O) groups excluding carboxylic acids is 3. The molecule has 0 fully saturated rings. The topological polar surface area (TPSA) is 117 Å². The van der Waals surface area contributed by atoms with E-state index in [-0.39, 0.29) is 5.92 Å². The predicted octanol–water partition coefficient (Wildman–Crippen LogP) is -0.241. The third-order valence-corrected chi connectivity index (χ3v) is 2.68. The quantitative estimate of drug-likeness (QED) is 0.539. The van der Waals surface area contributed by atoms with Gasteiger partial charge >= 0.3 is 6.09 Å². The summed E-state index contributed by atoms with van der Waals surface area (Å²) in [5.74, 6) is -1.31. The van der Waals surface area contributed by atoms with E-state index in [1.54, 1.807) is 34.6 Å². The minimum atomic E-state index is -1.07. The molecule has 0 aliphatic heterocycles. The Kier molecular flexibility index (Phi) is 7.86. The molecule has 0 aliphatic rings. The number of ether oxygens (including phenoxy) is 1. The molecule has 22 heavy (non-hydrogen) atoms. The number of hydrogen-bond donors (Lipinski definition) is 4. The van der Waals surface area contributed by atoms with Crippen LogP contribution in [-0.2, 0) is 14.3 Å². The second kappa shape index (κ2) is 8.57. The third kappa shape index (κ3) is 7.26. The van der Waals surface area contributed by atoms with Crippen LogP contribution in [0.4, 0.5) is 4.79 Å². The van der Waals surface area contributed by atoms with Crippen LogP contribution in [0, 0.1) is 5.92 Å². The first-order valence-electron chi connectivity index (χ1n) is 7.14. The van der Waals surface area contributed by atoms with Crippen LogP contribution in [0.3, 0.4) is 0 Å². The lowest BCUT2D eigenvalue weighted by molar-refractivity contribution is -0.131. The van der Waals surface area contributed by atoms with Crippen molar-refractivity contribution >= 4 is 17.9 Å². The van der Waals surface area contributed by atoms with Crippen molar-refractivity contribution in [3.05, 3.63) is 0 Å². The molecule has 2 atom stereocenters. The third-order valence-electron chi connectivity index (χ3n) is 2.68. The van der Waals surface area contributed by atoms with E-state index in [1.807, 2.05) is 0 Å². The van der Waals surface area contributed by atoms with Crippen LogP contribution < -0.4 is 16.0 Å². The Hall–Kier alpha value is -1.83. The first-order chi connectivity index (χ1) is 10.0. The molecule has 4 N–H and O–H groups in total. The first kappa shape index (κ1) is 20.2. The minimum absolute atomic E-state index is 0.225. The Balaban J connectivity index is 4.84. The number of rotatable bonds is 6. The lowest BCUT2D eigenvalue weighted by Gasteiger charge is -2.26. The van der Waals surface area contributed by atoms with Crippen molar-refractivity contribution in [2.45, 2.75) is 52.3 Å². The molecule has 0 aromatic rings. The minimum Gasteiger partial charge on any atom is -0.444 e. The summed E-state index contributed by atoms with van der Waals surface area (Å²) in [6.07, 6.45) is -0.721. The zero-order valence-corrected chi connectivity index (χ0v) is 14.0. The second-order valence-corrected chi connectivity index (χ2v) is 6.23. The number of hydrogen-bond acceptors (Lipinski definition) is 5. The molecular weight excluding hydrogens is 290 g/mol. The van der Waals surface area contributed by atoms with Crippen LogP contribution in [0.5, 0.6) is 0 Å². The maximum atomic E-state index is 12.2. The molecule has 0 radical (unpaired) electrons. The Labute approximate surface area is 131 Å². The molecule has 3 amide bonds. The standard InChI is InChI=1S/C14H27N3O5/c1-8(2)10(17-13(21)22-14(3,4)5)12(20)16-9(7-18)11(19)15-6/h8-10,18H,7H2,1-6H3,(H,15,19)(H,16,20)(H,17,21)/t9-,10-/m0/s1. The number of nitrogens with one attached hydrogen (secondary N) is 3. The number of alkyl carbamates (subject to hydrolysis) is 1.